The number of hydrogen-bond donors (Lipinski definition) is 1. The second-order valence-corrected chi connectivity index (χ2v) is 4.63. The van der Waals surface area contributed by atoms with E-state index >= 15 is 0 Å². The molecule has 0 aromatic carbocycles. The van der Waals surface area contributed by atoms with Crippen LogP contribution in [0.25, 0.3) is 0 Å². The van der Waals surface area contributed by atoms with Gasteiger partial charge in [-0.05, 0) is 19.4 Å². The van der Waals surface area contributed by atoms with Crippen molar-refractivity contribution in [2.75, 3.05) is 11.9 Å². The number of rotatable bonds is 5. The van der Waals surface area contributed by atoms with Crippen LogP contribution in [0.3, 0.4) is 0 Å². The van der Waals surface area contributed by atoms with Crippen LogP contribution < -0.4 is 10.9 Å². The Morgan fingerprint density at radius 1 is 1.37 bits per heavy atom. The van der Waals surface area contributed by atoms with E-state index in [1.54, 1.807) is 22.9 Å². The molecule has 0 atom stereocenters. The highest BCUT2D eigenvalue weighted by atomic mass is 16.1. The molecule has 0 saturated heterocycles. The highest BCUT2D eigenvalue weighted by Crippen LogP contribution is 2.19. The van der Waals surface area contributed by atoms with Crippen LogP contribution in [0.5, 0.6) is 0 Å². The summed E-state index contributed by atoms with van der Waals surface area (Å²) in [5.74, 6) is 0.995. The standard InChI is InChI=1S/C14H20N4O/c1-4-8-15-14-12(11(2)16-17(14)3)10-18-9-6-5-7-13(18)19/h5-7,9,15H,4,8,10H2,1-3H3. The first-order valence-corrected chi connectivity index (χ1v) is 6.55. The molecule has 0 saturated carbocycles. The molecule has 2 aromatic heterocycles. The molecule has 19 heavy (non-hydrogen) atoms. The Hall–Kier alpha value is -2.04. The first kappa shape index (κ1) is 13.4. The van der Waals surface area contributed by atoms with E-state index in [4.69, 9.17) is 0 Å². The van der Waals surface area contributed by atoms with Crippen molar-refractivity contribution in [1.29, 1.82) is 0 Å². The Kier molecular flexibility index (Phi) is 4.04. The normalized spacial score (nSPS) is 10.7. The van der Waals surface area contributed by atoms with Crippen molar-refractivity contribution in [3.63, 3.8) is 0 Å². The molecule has 2 rings (SSSR count). The first-order chi connectivity index (χ1) is 9.13. The van der Waals surface area contributed by atoms with E-state index in [2.05, 4.69) is 17.3 Å². The molecule has 0 radical (unpaired) electrons. The molecule has 2 aromatic rings. The van der Waals surface area contributed by atoms with E-state index in [1.165, 1.54) is 0 Å². The zero-order chi connectivity index (χ0) is 13.8. The summed E-state index contributed by atoms with van der Waals surface area (Å²) in [5.41, 5.74) is 2.04. The first-order valence-electron chi connectivity index (χ1n) is 6.55. The summed E-state index contributed by atoms with van der Waals surface area (Å²) in [6, 6.07) is 5.20. The molecule has 0 aliphatic rings. The lowest BCUT2D eigenvalue weighted by Gasteiger charge is -2.10. The van der Waals surface area contributed by atoms with Gasteiger partial charge in [0.05, 0.1) is 12.2 Å². The van der Waals surface area contributed by atoms with E-state index in [0.29, 0.717) is 6.54 Å². The van der Waals surface area contributed by atoms with Crippen LogP contribution in [0.1, 0.15) is 24.6 Å². The Balaban J connectivity index is 2.34. The van der Waals surface area contributed by atoms with Gasteiger partial charge in [0.25, 0.3) is 5.56 Å². The van der Waals surface area contributed by atoms with Gasteiger partial charge in [-0.2, -0.15) is 5.10 Å². The number of aryl methyl sites for hydroxylation is 2. The zero-order valence-corrected chi connectivity index (χ0v) is 11.7. The number of pyridine rings is 1. The van der Waals surface area contributed by atoms with Gasteiger partial charge in [0.2, 0.25) is 0 Å². The second kappa shape index (κ2) is 5.73. The zero-order valence-electron chi connectivity index (χ0n) is 11.7. The second-order valence-electron chi connectivity index (χ2n) is 4.63. The SMILES string of the molecule is CCCNc1c(Cn2ccccc2=O)c(C)nn1C. The van der Waals surface area contributed by atoms with E-state index in [1.807, 2.05) is 24.7 Å². The molecule has 5 heteroatoms. The third-order valence-corrected chi connectivity index (χ3v) is 3.12. The summed E-state index contributed by atoms with van der Waals surface area (Å²) in [6.45, 7) is 5.54. The Labute approximate surface area is 112 Å². The Bertz CT molecular complexity index is 612. The molecular formula is C14H20N4O. The van der Waals surface area contributed by atoms with Crippen LogP contribution >= 0.6 is 0 Å². The van der Waals surface area contributed by atoms with Crippen molar-refractivity contribution in [3.05, 3.63) is 46.0 Å². The van der Waals surface area contributed by atoms with Gasteiger partial charge >= 0.3 is 0 Å². The minimum atomic E-state index is 0.00666. The van der Waals surface area contributed by atoms with E-state index in [-0.39, 0.29) is 5.56 Å². The average Bonchev–Trinajstić information content (AvgIpc) is 2.65. The molecule has 0 bridgehead atoms. The molecule has 1 N–H and O–H groups in total. The van der Waals surface area contributed by atoms with Crippen molar-refractivity contribution in [2.24, 2.45) is 7.05 Å². The van der Waals surface area contributed by atoms with Crippen molar-refractivity contribution >= 4 is 5.82 Å². The van der Waals surface area contributed by atoms with Crippen LogP contribution in [0, 0.1) is 6.92 Å². The molecule has 0 fully saturated rings. The maximum atomic E-state index is 11.8. The van der Waals surface area contributed by atoms with Crippen molar-refractivity contribution in [3.8, 4) is 0 Å². The fourth-order valence-electron chi connectivity index (χ4n) is 2.12. The minimum Gasteiger partial charge on any atom is -0.370 e. The van der Waals surface area contributed by atoms with Crippen LogP contribution in [0.4, 0.5) is 5.82 Å². The summed E-state index contributed by atoms with van der Waals surface area (Å²) >= 11 is 0. The van der Waals surface area contributed by atoms with Gasteiger partial charge in [0.1, 0.15) is 5.82 Å². The van der Waals surface area contributed by atoms with Crippen LogP contribution in [0.15, 0.2) is 29.2 Å². The van der Waals surface area contributed by atoms with Gasteiger partial charge in [0.15, 0.2) is 0 Å². The van der Waals surface area contributed by atoms with Gasteiger partial charge < -0.3 is 9.88 Å². The van der Waals surface area contributed by atoms with Crippen molar-refractivity contribution in [1.82, 2.24) is 14.3 Å². The number of hydrogen-bond acceptors (Lipinski definition) is 3. The number of nitrogens with zero attached hydrogens (tertiary/aromatic N) is 3. The number of nitrogens with one attached hydrogen (secondary N) is 1. The monoisotopic (exact) mass is 260 g/mol. The highest BCUT2D eigenvalue weighted by Gasteiger charge is 2.13. The largest absolute Gasteiger partial charge is 0.370 e. The topological polar surface area (TPSA) is 51.9 Å². The molecule has 0 aliphatic carbocycles. The maximum Gasteiger partial charge on any atom is 0.250 e. The summed E-state index contributed by atoms with van der Waals surface area (Å²) in [7, 11) is 1.92. The van der Waals surface area contributed by atoms with E-state index in [9.17, 15) is 4.79 Å². The smallest absolute Gasteiger partial charge is 0.250 e. The van der Waals surface area contributed by atoms with Gasteiger partial charge in [-0.15, -0.1) is 0 Å². The lowest BCUT2D eigenvalue weighted by atomic mass is 10.2. The summed E-state index contributed by atoms with van der Waals surface area (Å²) in [4.78, 5) is 11.8. The molecule has 0 unspecified atom stereocenters. The predicted octanol–water partition coefficient (Wildman–Crippen LogP) is 1.76. The van der Waals surface area contributed by atoms with Crippen LogP contribution in [-0.2, 0) is 13.6 Å². The fourth-order valence-corrected chi connectivity index (χ4v) is 2.12. The molecule has 0 aliphatic heterocycles. The fraction of sp³-hybridized carbons (Fsp3) is 0.429. The number of anilines is 1. The third kappa shape index (κ3) is 2.86. The van der Waals surface area contributed by atoms with Crippen molar-refractivity contribution in [2.45, 2.75) is 26.8 Å². The van der Waals surface area contributed by atoms with Gasteiger partial charge in [0, 0.05) is 31.4 Å². The van der Waals surface area contributed by atoms with E-state index in [0.717, 1.165) is 30.0 Å². The van der Waals surface area contributed by atoms with Gasteiger partial charge in [-0.25, -0.2) is 0 Å². The molecule has 0 spiro atoms. The summed E-state index contributed by atoms with van der Waals surface area (Å²) < 4.78 is 3.54. The van der Waals surface area contributed by atoms with Gasteiger partial charge in [-0.1, -0.05) is 13.0 Å². The van der Waals surface area contributed by atoms with Crippen molar-refractivity contribution < 1.29 is 0 Å². The average molecular weight is 260 g/mol. The molecule has 2 heterocycles. The minimum absolute atomic E-state index is 0.00666. The molecule has 5 nitrogen and oxygen atoms in total. The Morgan fingerprint density at radius 2 is 2.16 bits per heavy atom. The van der Waals surface area contributed by atoms with Crippen LogP contribution in [0.2, 0.25) is 0 Å². The highest BCUT2D eigenvalue weighted by molar-refractivity contribution is 5.47. The Morgan fingerprint density at radius 3 is 2.84 bits per heavy atom. The van der Waals surface area contributed by atoms with Crippen LogP contribution in [-0.4, -0.2) is 20.9 Å². The van der Waals surface area contributed by atoms with E-state index < -0.39 is 0 Å². The predicted molar refractivity (Wildman–Crippen MR) is 76.5 cm³/mol. The lowest BCUT2D eigenvalue weighted by Crippen LogP contribution is -2.19. The molecule has 102 valence electrons. The summed E-state index contributed by atoms with van der Waals surface area (Å²) in [5, 5.41) is 7.81. The quantitative estimate of drug-likeness (QED) is 0.891. The third-order valence-electron chi connectivity index (χ3n) is 3.12. The summed E-state index contributed by atoms with van der Waals surface area (Å²) in [6.07, 6.45) is 2.85. The molecular weight excluding hydrogens is 240 g/mol. The lowest BCUT2D eigenvalue weighted by molar-refractivity contribution is 0.749. The maximum absolute atomic E-state index is 11.8. The molecule has 0 amide bonds. The van der Waals surface area contributed by atoms with Gasteiger partial charge in [-0.3, -0.25) is 9.48 Å². The number of aromatic nitrogens is 3.